The minimum Gasteiger partial charge on any atom is -0.472 e. The molecule has 0 aliphatic heterocycles. The molecule has 0 spiro atoms. The zero-order valence-electron chi connectivity index (χ0n) is 9.20. The van der Waals surface area contributed by atoms with Crippen LogP contribution in [0.3, 0.4) is 0 Å². The van der Waals surface area contributed by atoms with Gasteiger partial charge in [0, 0.05) is 17.7 Å². The highest BCUT2D eigenvalue weighted by atomic mass is 19.3. The monoisotopic (exact) mass is 237 g/mol. The van der Waals surface area contributed by atoms with Crippen molar-refractivity contribution in [1.82, 2.24) is 5.32 Å². The van der Waals surface area contributed by atoms with E-state index < -0.39 is 5.92 Å². The molecule has 2 nitrogen and oxygen atoms in total. The Labute approximate surface area is 98.3 Å². The highest BCUT2D eigenvalue weighted by Crippen LogP contribution is 2.26. The number of rotatable bonds is 5. The molecule has 1 heterocycles. The Balaban J connectivity index is 1.90. The van der Waals surface area contributed by atoms with Gasteiger partial charge in [-0.05, 0) is 6.07 Å². The van der Waals surface area contributed by atoms with Crippen LogP contribution in [0.25, 0.3) is 0 Å². The first kappa shape index (κ1) is 11.8. The number of furan rings is 1. The van der Waals surface area contributed by atoms with E-state index in [2.05, 4.69) is 5.32 Å². The second-order valence-corrected chi connectivity index (χ2v) is 3.81. The molecule has 0 radical (unpaired) electrons. The van der Waals surface area contributed by atoms with Gasteiger partial charge in [-0.2, -0.15) is 8.78 Å². The highest BCUT2D eigenvalue weighted by Gasteiger charge is 2.30. The normalized spacial score (nSPS) is 11.6. The summed E-state index contributed by atoms with van der Waals surface area (Å²) in [6.07, 6.45) is 3.06. The number of alkyl halides is 2. The molecule has 0 bridgehead atoms. The van der Waals surface area contributed by atoms with E-state index in [0.29, 0.717) is 6.54 Å². The minimum absolute atomic E-state index is 0.0275. The number of hydrogen-bond donors (Lipinski definition) is 1. The lowest BCUT2D eigenvalue weighted by Crippen LogP contribution is -2.30. The maximum absolute atomic E-state index is 13.7. The fourth-order valence-corrected chi connectivity index (χ4v) is 1.54. The third-order valence-electron chi connectivity index (χ3n) is 2.45. The van der Waals surface area contributed by atoms with Crippen LogP contribution in [-0.4, -0.2) is 6.54 Å². The van der Waals surface area contributed by atoms with Gasteiger partial charge in [0.05, 0.1) is 19.1 Å². The second-order valence-electron chi connectivity index (χ2n) is 3.81. The predicted octanol–water partition coefficient (Wildman–Crippen LogP) is 3.16. The van der Waals surface area contributed by atoms with Gasteiger partial charge in [0.25, 0.3) is 5.92 Å². The van der Waals surface area contributed by atoms with Crippen molar-refractivity contribution in [3.63, 3.8) is 0 Å². The molecule has 0 saturated heterocycles. The number of hydrogen-bond acceptors (Lipinski definition) is 2. The van der Waals surface area contributed by atoms with Gasteiger partial charge in [0.15, 0.2) is 0 Å². The molecule has 1 aromatic heterocycles. The molecule has 0 fully saturated rings. The summed E-state index contributed by atoms with van der Waals surface area (Å²) in [6, 6.07) is 9.55. The maximum Gasteiger partial charge on any atom is 0.285 e. The lowest BCUT2D eigenvalue weighted by atomic mass is 10.1. The Bertz CT molecular complexity index is 440. The molecule has 0 unspecified atom stereocenters. The van der Waals surface area contributed by atoms with E-state index in [4.69, 9.17) is 4.42 Å². The Hall–Kier alpha value is -1.68. The van der Waals surface area contributed by atoms with Crippen LogP contribution in [0.1, 0.15) is 11.1 Å². The van der Waals surface area contributed by atoms with Crippen LogP contribution in [0.4, 0.5) is 8.78 Å². The molecule has 4 heteroatoms. The van der Waals surface area contributed by atoms with Gasteiger partial charge in [-0.3, -0.25) is 0 Å². The van der Waals surface area contributed by atoms with E-state index >= 15 is 0 Å². The van der Waals surface area contributed by atoms with Crippen molar-refractivity contribution in [2.24, 2.45) is 0 Å². The van der Waals surface area contributed by atoms with Crippen molar-refractivity contribution >= 4 is 0 Å². The summed E-state index contributed by atoms with van der Waals surface area (Å²) in [5, 5.41) is 2.72. The summed E-state index contributed by atoms with van der Waals surface area (Å²) in [5.74, 6) is -2.86. The zero-order chi connectivity index (χ0) is 12.1. The summed E-state index contributed by atoms with van der Waals surface area (Å²) in [5.41, 5.74) is 0.883. The molecule has 0 aliphatic rings. The van der Waals surface area contributed by atoms with Crippen molar-refractivity contribution < 1.29 is 13.2 Å². The van der Waals surface area contributed by atoms with E-state index in [1.165, 1.54) is 24.7 Å². The van der Waals surface area contributed by atoms with Gasteiger partial charge in [0.1, 0.15) is 0 Å². The van der Waals surface area contributed by atoms with Crippen molar-refractivity contribution in [3.8, 4) is 0 Å². The predicted molar refractivity (Wildman–Crippen MR) is 60.8 cm³/mol. The quantitative estimate of drug-likeness (QED) is 0.864. The average molecular weight is 237 g/mol. The largest absolute Gasteiger partial charge is 0.472 e. The molecule has 1 N–H and O–H groups in total. The molecule has 0 amide bonds. The Morgan fingerprint density at radius 1 is 1.12 bits per heavy atom. The maximum atomic E-state index is 13.7. The fraction of sp³-hybridized carbons (Fsp3) is 0.231. The molecule has 0 aliphatic carbocycles. The summed E-state index contributed by atoms with van der Waals surface area (Å²) >= 11 is 0. The minimum atomic E-state index is -2.86. The van der Waals surface area contributed by atoms with Crippen molar-refractivity contribution in [2.75, 3.05) is 6.54 Å². The van der Waals surface area contributed by atoms with Crippen molar-refractivity contribution in [2.45, 2.75) is 12.5 Å². The second kappa shape index (κ2) is 5.10. The third-order valence-corrected chi connectivity index (χ3v) is 2.45. The van der Waals surface area contributed by atoms with E-state index in [1.54, 1.807) is 24.3 Å². The molecular weight excluding hydrogens is 224 g/mol. The molecule has 2 aromatic rings. The Kier molecular flexibility index (Phi) is 3.54. The standard InChI is InChI=1S/C13H13F2NO/c14-13(15,12-4-2-1-3-5-12)10-16-8-11-6-7-17-9-11/h1-7,9,16H,8,10H2. The van der Waals surface area contributed by atoms with Crippen molar-refractivity contribution in [1.29, 1.82) is 0 Å². The van der Waals surface area contributed by atoms with Crippen LogP contribution in [0.15, 0.2) is 53.3 Å². The molecule has 2 rings (SSSR count). The molecule has 90 valence electrons. The summed E-state index contributed by atoms with van der Waals surface area (Å²) < 4.78 is 32.3. The van der Waals surface area contributed by atoms with Gasteiger partial charge >= 0.3 is 0 Å². The SMILES string of the molecule is FC(F)(CNCc1ccoc1)c1ccccc1. The van der Waals surface area contributed by atoms with Crippen LogP contribution in [0, 0.1) is 0 Å². The zero-order valence-corrected chi connectivity index (χ0v) is 9.20. The van der Waals surface area contributed by atoms with Crippen molar-refractivity contribution in [3.05, 3.63) is 60.1 Å². The van der Waals surface area contributed by atoms with Gasteiger partial charge in [-0.15, -0.1) is 0 Å². The molecule has 1 aromatic carbocycles. The summed E-state index contributed by atoms with van der Waals surface area (Å²) in [6.45, 7) is -0.0128. The third kappa shape index (κ3) is 3.14. The van der Waals surface area contributed by atoms with Gasteiger partial charge in [0.2, 0.25) is 0 Å². The summed E-state index contributed by atoms with van der Waals surface area (Å²) in [4.78, 5) is 0. The smallest absolute Gasteiger partial charge is 0.285 e. The Morgan fingerprint density at radius 2 is 1.88 bits per heavy atom. The van der Waals surface area contributed by atoms with Crippen LogP contribution >= 0.6 is 0 Å². The first-order chi connectivity index (χ1) is 8.18. The summed E-state index contributed by atoms with van der Waals surface area (Å²) in [7, 11) is 0. The molecular formula is C13H13F2NO. The fourth-order valence-electron chi connectivity index (χ4n) is 1.54. The van der Waals surface area contributed by atoms with Gasteiger partial charge in [-0.25, -0.2) is 0 Å². The van der Waals surface area contributed by atoms with Crippen LogP contribution in [0.2, 0.25) is 0 Å². The number of benzene rings is 1. The Morgan fingerprint density at radius 3 is 2.53 bits per heavy atom. The number of nitrogens with one attached hydrogen (secondary N) is 1. The lowest BCUT2D eigenvalue weighted by Gasteiger charge is -2.17. The highest BCUT2D eigenvalue weighted by molar-refractivity contribution is 5.20. The number of halogens is 2. The molecule has 17 heavy (non-hydrogen) atoms. The van der Waals surface area contributed by atoms with Crippen LogP contribution in [0.5, 0.6) is 0 Å². The van der Waals surface area contributed by atoms with E-state index in [-0.39, 0.29) is 12.1 Å². The van der Waals surface area contributed by atoms with Gasteiger partial charge in [-0.1, -0.05) is 30.3 Å². The van der Waals surface area contributed by atoms with Gasteiger partial charge < -0.3 is 9.73 Å². The molecule has 0 saturated carbocycles. The molecule has 0 atom stereocenters. The van der Waals surface area contributed by atoms with E-state index in [9.17, 15) is 8.78 Å². The average Bonchev–Trinajstić information content (AvgIpc) is 2.83. The topological polar surface area (TPSA) is 25.2 Å². The first-order valence-corrected chi connectivity index (χ1v) is 5.33. The first-order valence-electron chi connectivity index (χ1n) is 5.33. The lowest BCUT2D eigenvalue weighted by molar-refractivity contribution is -0.00344. The van der Waals surface area contributed by atoms with E-state index in [0.717, 1.165) is 5.56 Å². The van der Waals surface area contributed by atoms with Crippen LogP contribution in [-0.2, 0) is 12.5 Å². The van der Waals surface area contributed by atoms with Crippen LogP contribution < -0.4 is 5.32 Å². The van der Waals surface area contributed by atoms with E-state index in [1.807, 2.05) is 0 Å².